The minimum atomic E-state index is -0.323. The number of anilines is 1. The maximum Gasteiger partial charge on any atom is 0.236 e. The molecule has 4 aromatic rings. The lowest BCUT2D eigenvalue weighted by atomic mass is 10.2. The SMILES string of the molecule is Cn1c(SCC(=O)Nc2nc3ccc(F)cc3s2)nnc1-c1ccccc1. The molecule has 2 aromatic heterocycles. The Kier molecular flexibility index (Phi) is 4.87. The number of halogens is 1. The van der Waals surface area contributed by atoms with E-state index in [4.69, 9.17) is 0 Å². The van der Waals surface area contributed by atoms with E-state index in [2.05, 4.69) is 20.5 Å². The average Bonchev–Trinajstić information content (AvgIpc) is 3.23. The first-order valence-electron chi connectivity index (χ1n) is 8.04. The molecule has 9 heteroatoms. The molecule has 0 unspecified atom stereocenters. The van der Waals surface area contributed by atoms with E-state index < -0.39 is 0 Å². The van der Waals surface area contributed by atoms with E-state index in [-0.39, 0.29) is 17.5 Å². The fourth-order valence-electron chi connectivity index (χ4n) is 2.52. The highest BCUT2D eigenvalue weighted by Gasteiger charge is 2.14. The van der Waals surface area contributed by atoms with Gasteiger partial charge in [0.1, 0.15) is 5.82 Å². The normalized spacial score (nSPS) is 11.0. The molecular weight excluding hydrogens is 385 g/mol. The molecule has 0 aliphatic rings. The van der Waals surface area contributed by atoms with Gasteiger partial charge in [0, 0.05) is 12.6 Å². The van der Waals surface area contributed by atoms with Crippen LogP contribution in [0.4, 0.5) is 9.52 Å². The zero-order valence-corrected chi connectivity index (χ0v) is 15.9. The van der Waals surface area contributed by atoms with Crippen LogP contribution in [0.5, 0.6) is 0 Å². The molecule has 1 amide bonds. The number of fused-ring (bicyclic) bond motifs is 1. The van der Waals surface area contributed by atoms with E-state index in [9.17, 15) is 9.18 Å². The molecule has 0 saturated carbocycles. The lowest BCUT2D eigenvalue weighted by Crippen LogP contribution is -2.14. The van der Waals surface area contributed by atoms with Crippen LogP contribution < -0.4 is 5.32 Å². The monoisotopic (exact) mass is 399 g/mol. The summed E-state index contributed by atoms with van der Waals surface area (Å²) >= 11 is 2.53. The first-order chi connectivity index (χ1) is 13.1. The van der Waals surface area contributed by atoms with E-state index in [1.807, 2.05) is 41.9 Å². The van der Waals surface area contributed by atoms with E-state index in [1.54, 1.807) is 6.07 Å². The number of rotatable bonds is 5. The van der Waals surface area contributed by atoms with E-state index >= 15 is 0 Å². The third-order valence-electron chi connectivity index (χ3n) is 3.80. The number of thioether (sulfide) groups is 1. The van der Waals surface area contributed by atoms with E-state index in [0.29, 0.717) is 20.5 Å². The highest BCUT2D eigenvalue weighted by molar-refractivity contribution is 7.99. The summed E-state index contributed by atoms with van der Waals surface area (Å²) in [5, 5.41) is 12.2. The number of carbonyl (C=O) groups excluding carboxylic acids is 1. The van der Waals surface area contributed by atoms with Gasteiger partial charge < -0.3 is 9.88 Å². The minimum Gasteiger partial charge on any atom is -0.305 e. The second-order valence-electron chi connectivity index (χ2n) is 5.70. The molecule has 136 valence electrons. The molecule has 0 aliphatic heterocycles. The van der Waals surface area contributed by atoms with Crippen molar-refractivity contribution in [3.63, 3.8) is 0 Å². The number of hydrogen-bond acceptors (Lipinski definition) is 6. The van der Waals surface area contributed by atoms with Crippen LogP contribution in [0, 0.1) is 5.82 Å². The van der Waals surface area contributed by atoms with Crippen molar-refractivity contribution in [2.75, 3.05) is 11.1 Å². The molecule has 0 atom stereocenters. The predicted molar refractivity (Wildman–Crippen MR) is 105 cm³/mol. The quantitative estimate of drug-likeness (QED) is 0.514. The molecule has 0 bridgehead atoms. The first kappa shape index (κ1) is 17.6. The van der Waals surface area contributed by atoms with Crippen LogP contribution in [0.1, 0.15) is 0 Å². The van der Waals surface area contributed by atoms with Gasteiger partial charge in [-0.1, -0.05) is 53.4 Å². The predicted octanol–water partition coefficient (Wildman–Crippen LogP) is 3.96. The van der Waals surface area contributed by atoms with E-state index in [0.717, 1.165) is 11.4 Å². The standard InChI is InChI=1S/C18H14FN5OS2/c1-24-16(11-5-3-2-4-6-11)22-23-18(24)26-10-15(25)21-17-20-13-8-7-12(19)9-14(13)27-17/h2-9H,10H2,1H3,(H,20,21,25). The highest BCUT2D eigenvalue weighted by atomic mass is 32.2. The highest BCUT2D eigenvalue weighted by Crippen LogP contribution is 2.27. The lowest BCUT2D eigenvalue weighted by molar-refractivity contribution is -0.113. The largest absolute Gasteiger partial charge is 0.305 e. The van der Waals surface area contributed by atoms with Crippen molar-refractivity contribution < 1.29 is 9.18 Å². The Hall–Kier alpha value is -2.78. The van der Waals surface area contributed by atoms with Gasteiger partial charge in [0.05, 0.1) is 16.0 Å². The molecule has 4 rings (SSSR count). The Balaban J connectivity index is 1.41. The van der Waals surface area contributed by atoms with Crippen molar-refractivity contribution in [3.8, 4) is 11.4 Å². The molecule has 27 heavy (non-hydrogen) atoms. The van der Waals surface area contributed by atoms with Crippen molar-refractivity contribution in [3.05, 3.63) is 54.3 Å². The Morgan fingerprint density at radius 3 is 2.85 bits per heavy atom. The fourth-order valence-corrected chi connectivity index (χ4v) is 4.13. The molecule has 0 saturated heterocycles. The van der Waals surface area contributed by atoms with Crippen LogP contribution in [0.15, 0.2) is 53.7 Å². The van der Waals surface area contributed by atoms with Gasteiger partial charge >= 0.3 is 0 Å². The lowest BCUT2D eigenvalue weighted by Gasteiger charge is -2.04. The summed E-state index contributed by atoms with van der Waals surface area (Å²) in [5.41, 5.74) is 1.62. The second-order valence-corrected chi connectivity index (χ2v) is 7.67. The molecule has 6 nitrogen and oxygen atoms in total. The molecular formula is C18H14FN5OS2. The topological polar surface area (TPSA) is 72.7 Å². The van der Waals surface area contributed by atoms with Crippen molar-refractivity contribution in [1.82, 2.24) is 19.7 Å². The Bertz CT molecular complexity index is 1110. The fraction of sp³-hybridized carbons (Fsp3) is 0.111. The molecule has 0 radical (unpaired) electrons. The molecule has 1 N–H and O–H groups in total. The summed E-state index contributed by atoms with van der Waals surface area (Å²) in [6, 6.07) is 14.1. The number of benzene rings is 2. The maximum absolute atomic E-state index is 13.3. The van der Waals surface area contributed by atoms with Crippen LogP contribution in [-0.4, -0.2) is 31.4 Å². The number of amides is 1. The Labute approximate surface area is 162 Å². The summed E-state index contributed by atoms with van der Waals surface area (Å²) in [4.78, 5) is 16.5. The smallest absolute Gasteiger partial charge is 0.236 e. The zero-order chi connectivity index (χ0) is 18.8. The molecule has 0 spiro atoms. The first-order valence-corrected chi connectivity index (χ1v) is 9.84. The molecule has 2 heterocycles. The average molecular weight is 399 g/mol. The van der Waals surface area contributed by atoms with Crippen LogP contribution >= 0.6 is 23.1 Å². The van der Waals surface area contributed by atoms with Gasteiger partial charge in [0.15, 0.2) is 16.1 Å². The second kappa shape index (κ2) is 7.45. The van der Waals surface area contributed by atoms with Gasteiger partial charge in [0.25, 0.3) is 0 Å². The minimum absolute atomic E-state index is 0.172. The van der Waals surface area contributed by atoms with Crippen LogP contribution in [0.25, 0.3) is 21.6 Å². The van der Waals surface area contributed by atoms with E-state index in [1.165, 1.54) is 35.2 Å². The molecule has 0 fully saturated rings. The summed E-state index contributed by atoms with van der Waals surface area (Å²) in [7, 11) is 1.87. The maximum atomic E-state index is 13.3. The third-order valence-corrected chi connectivity index (χ3v) is 5.75. The number of thiazole rings is 1. The third kappa shape index (κ3) is 3.83. The molecule has 2 aromatic carbocycles. The molecule has 0 aliphatic carbocycles. The zero-order valence-electron chi connectivity index (χ0n) is 14.2. The summed E-state index contributed by atoms with van der Waals surface area (Å²) < 4.78 is 15.8. The Morgan fingerprint density at radius 2 is 2.04 bits per heavy atom. The van der Waals surface area contributed by atoms with Crippen molar-refractivity contribution >= 4 is 44.4 Å². The summed E-state index contributed by atoms with van der Waals surface area (Å²) in [5.74, 6) is 0.386. The van der Waals surface area contributed by atoms with Gasteiger partial charge in [-0.2, -0.15) is 0 Å². The van der Waals surface area contributed by atoms with Crippen LogP contribution in [-0.2, 0) is 11.8 Å². The van der Waals surface area contributed by atoms with Gasteiger partial charge in [-0.3, -0.25) is 4.79 Å². The summed E-state index contributed by atoms with van der Waals surface area (Å²) in [6.45, 7) is 0. The van der Waals surface area contributed by atoms with Crippen LogP contribution in [0.2, 0.25) is 0 Å². The Morgan fingerprint density at radius 1 is 1.22 bits per heavy atom. The number of hydrogen-bond donors (Lipinski definition) is 1. The van der Waals surface area contributed by atoms with Gasteiger partial charge in [0.2, 0.25) is 5.91 Å². The van der Waals surface area contributed by atoms with Gasteiger partial charge in [-0.25, -0.2) is 9.37 Å². The number of aromatic nitrogens is 4. The van der Waals surface area contributed by atoms with Crippen molar-refractivity contribution in [2.24, 2.45) is 7.05 Å². The summed E-state index contributed by atoms with van der Waals surface area (Å²) in [6.07, 6.45) is 0. The number of nitrogens with one attached hydrogen (secondary N) is 1. The number of nitrogens with zero attached hydrogens (tertiary/aromatic N) is 4. The van der Waals surface area contributed by atoms with Crippen LogP contribution in [0.3, 0.4) is 0 Å². The number of carbonyl (C=O) groups is 1. The van der Waals surface area contributed by atoms with Gasteiger partial charge in [-0.05, 0) is 18.2 Å². The van der Waals surface area contributed by atoms with Crippen molar-refractivity contribution in [1.29, 1.82) is 0 Å². The van der Waals surface area contributed by atoms with Crippen molar-refractivity contribution in [2.45, 2.75) is 5.16 Å². The van der Waals surface area contributed by atoms with Gasteiger partial charge in [-0.15, -0.1) is 10.2 Å².